The summed E-state index contributed by atoms with van der Waals surface area (Å²) in [5.74, 6) is 1.35. The highest BCUT2D eigenvalue weighted by Crippen LogP contribution is 2.13. The molecule has 1 fully saturated rings. The van der Waals surface area contributed by atoms with Gasteiger partial charge in [0.05, 0.1) is 0 Å². The minimum atomic E-state index is -0.155. The fourth-order valence-electron chi connectivity index (χ4n) is 2.14. The molecule has 0 bridgehead atoms. The van der Waals surface area contributed by atoms with Crippen LogP contribution >= 0.6 is 0 Å². The average Bonchev–Trinajstić information content (AvgIpc) is 2.81. The maximum atomic E-state index is 12.0. The van der Waals surface area contributed by atoms with E-state index in [1.807, 2.05) is 0 Å². The van der Waals surface area contributed by atoms with E-state index in [-0.39, 0.29) is 11.9 Å². The van der Waals surface area contributed by atoms with Crippen LogP contribution in [0.4, 0.5) is 0 Å². The molecule has 0 aromatic carbocycles. The van der Waals surface area contributed by atoms with Crippen molar-refractivity contribution in [3.05, 3.63) is 23.7 Å². The number of furan rings is 1. The summed E-state index contributed by atoms with van der Waals surface area (Å²) in [7, 11) is 1.59. The highest BCUT2D eigenvalue weighted by atomic mass is 16.5. The first-order valence-electron chi connectivity index (χ1n) is 6.30. The minimum absolute atomic E-state index is 0.155. The predicted octanol–water partition coefficient (Wildman–Crippen LogP) is 1.15. The first-order chi connectivity index (χ1) is 8.70. The van der Waals surface area contributed by atoms with Crippen LogP contribution in [0.2, 0.25) is 0 Å². The summed E-state index contributed by atoms with van der Waals surface area (Å²) in [5.41, 5.74) is 0. The molecular formula is C13H20N2O3. The van der Waals surface area contributed by atoms with Gasteiger partial charge in [-0.15, -0.1) is 0 Å². The summed E-state index contributed by atoms with van der Waals surface area (Å²) < 4.78 is 10.4. The van der Waals surface area contributed by atoms with Crippen LogP contribution in [0, 0.1) is 5.92 Å². The van der Waals surface area contributed by atoms with Gasteiger partial charge >= 0.3 is 0 Å². The number of ether oxygens (including phenoxy) is 1. The first kappa shape index (κ1) is 13.1. The molecule has 0 radical (unpaired) electrons. The number of amides is 1. The molecule has 2 rings (SSSR count). The molecule has 0 spiro atoms. The fraction of sp³-hybridized carbons (Fsp3) is 0.615. The van der Waals surface area contributed by atoms with Crippen molar-refractivity contribution in [2.24, 2.45) is 5.92 Å². The van der Waals surface area contributed by atoms with Crippen LogP contribution in [0.15, 0.2) is 16.5 Å². The lowest BCUT2D eigenvalue weighted by Crippen LogP contribution is -2.50. The summed E-state index contributed by atoms with van der Waals surface area (Å²) in [4.78, 5) is 12.0. The highest BCUT2D eigenvalue weighted by Gasteiger charge is 2.24. The third kappa shape index (κ3) is 3.11. The number of methoxy groups -OCH3 is 1. The van der Waals surface area contributed by atoms with Gasteiger partial charge in [-0.1, -0.05) is 6.92 Å². The van der Waals surface area contributed by atoms with E-state index in [4.69, 9.17) is 9.15 Å². The summed E-state index contributed by atoms with van der Waals surface area (Å²) in [5, 5.41) is 6.29. The smallest absolute Gasteiger partial charge is 0.287 e. The van der Waals surface area contributed by atoms with Gasteiger partial charge in [0.15, 0.2) is 5.76 Å². The molecule has 1 saturated heterocycles. The largest absolute Gasteiger partial charge is 0.453 e. The maximum absolute atomic E-state index is 12.0. The van der Waals surface area contributed by atoms with Gasteiger partial charge in [-0.05, 0) is 31.0 Å². The van der Waals surface area contributed by atoms with E-state index in [0.717, 1.165) is 19.5 Å². The average molecular weight is 252 g/mol. The molecule has 1 amide bonds. The third-order valence-electron chi connectivity index (χ3n) is 3.32. The Morgan fingerprint density at radius 2 is 2.44 bits per heavy atom. The second kappa shape index (κ2) is 6.02. The molecule has 1 aliphatic rings. The van der Waals surface area contributed by atoms with E-state index in [1.54, 1.807) is 19.2 Å². The van der Waals surface area contributed by atoms with E-state index in [9.17, 15) is 4.79 Å². The minimum Gasteiger partial charge on any atom is -0.453 e. The van der Waals surface area contributed by atoms with Gasteiger partial charge in [0.1, 0.15) is 12.4 Å². The Morgan fingerprint density at radius 3 is 3.17 bits per heavy atom. The molecule has 100 valence electrons. The molecule has 2 atom stereocenters. The Kier molecular flexibility index (Phi) is 4.38. The molecule has 0 saturated carbocycles. The van der Waals surface area contributed by atoms with Crippen molar-refractivity contribution < 1.29 is 13.9 Å². The van der Waals surface area contributed by atoms with Gasteiger partial charge in [-0.3, -0.25) is 4.79 Å². The molecule has 1 aromatic rings. The van der Waals surface area contributed by atoms with Gasteiger partial charge in [-0.25, -0.2) is 0 Å². The predicted molar refractivity (Wildman–Crippen MR) is 67.3 cm³/mol. The number of hydrogen-bond acceptors (Lipinski definition) is 4. The number of carbonyl (C=O) groups is 1. The standard InChI is InChI=1S/C13H20N2O3/c1-9-5-6-14-7-11(9)15-13(16)12-4-3-10(18-12)8-17-2/h3-4,9,11,14H,5-8H2,1-2H3,(H,15,16). The first-order valence-corrected chi connectivity index (χ1v) is 6.30. The number of hydrogen-bond donors (Lipinski definition) is 2. The number of rotatable bonds is 4. The molecule has 1 aliphatic heterocycles. The van der Waals surface area contributed by atoms with Gasteiger partial charge in [0.25, 0.3) is 5.91 Å². The van der Waals surface area contributed by atoms with Crippen LogP contribution in [-0.2, 0) is 11.3 Å². The topological polar surface area (TPSA) is 63.5 Å². The fourth-order valence-corrected chi connectivity index (χ4v) is 2.14. The van der Waals surface area contributed by atoms with Crippen molar-refractivity contribution in [2.45, 2.75) is 26.0 Å². The Hall–Kier alpha value is -1.33. The molecular weight excluding hydrogens is 232 g/mol. The zero-order valence-corrected chi connectivity index (χ0v) is 10.9. The van der Waals surface area contributed by atoms with Crippen molar-refractivity contribution in [1.82, 2.24) is 10.6 Å². The van der Waals surface area contributed by atoms with Gasteiger partial charge in [0.2, 0.25) is 0 Å². The van der Waals surface area contributed by atoms with Crippen molar-refractivity contribution in [2.75, 3.05) is 20.2 Å². The van der Waals surface area contributed by atoms with Crippen LogP contribution in [0.1, 0.15) is 29.7 Å². The maximum Gasteiger partial charge on any atom is 0.287 e. The summed E-state index contributed by atoms with van der Waals surface area (Å²) in [6, 6.07) is 3.62. The summed E-state index contributed by atoms with van der Waals surface area (Å²) in [6.45, 7) is 4.38. The van der Waals surface area contributed by atoms with Crippen molar-refractivity contribution in [3.63, 3.8) is 0 Å². The normalized spacial score (nSPS) is 23.9. The Bertz CT molecular complexity index is 403. The molecule has 5 nitrogen and oxygen atoms in total. The second-order valence-electron chi connectivity index (χ2n) is 4.75. The Labute approximate surface area is 107 Å². The van der Waals surface area contributed by atoms with Crippen molar-refractivity contribution >= 4 is 5.91 Å². The second-order valence-corrected chi connectivity index (χ2v) is 4.75. The quantitative estimate of drug-likeness (QED) is 0.844. The van der Waals surface area contributed by atoms with Gasteiger partial charge in [0, 0.05) is 19.7 Å². The van der Waals surface area contributed by atoms with Gasteiger partial charge in [-0.2, -0.15) is 0 Å². The number of nitrogens with one attached hydrogen (secondary N) is 2. The molecule has 2 heterocycles. The lowest BCUT2D eigenvalue weighted by molar-refractivity contribution is 0.0878. The number of piperidine rings is 1. The zero-order chi connectivity index (χ0) is 13.0. The van der Waals surface area contributed by atoms with Crippen molar-refractivity contribution in [3.8, 4) is 0 Å². The van der Waals surface area contributed by atoms with Crippen LogP contribution in [0.3, 0.4) is 0 Å². The van der Waals surface area contributed by atoms with Crippen LogP contribution in [0.25, 0.3) is 0 Å². The molecule has 5 heteroatoms. The SMILES string of the molecule is COCc1ccc(C(=O)NC2CNCCC2C)o1. The Balaban J connectivity index is 1.93. The van der Waals surface area contributed by atoms with Crippen LogP contribution in [0.5, 0.6) is 0 Å². The highest BCUT2D eigenvalue weighted by molar-refractivity contribution is 5.91. The monoisotopic (exact) mass is 252 g/mol. The van der Waals surface area contributed by atoms with E-state index in [2.05, 4.69) is 17.6 Å². The lowest BCUT2D eigenvalue weighted by atomic mass is 9.95. The van der Waals surface area contributed by atoms with E-state index < -0.39 is 0 Å². The summed E-state index contributed by atoms with van der Waals surface area (Å²) >= 11 is 0. The third-order valence-corrected chi connectivity index (χ3v) is 3.32. The van der Waals surface area contributed by atoms with E-state index >= 15 is 0 Å². The summed E-state index contributed by atoms with van der Waals surface area (Å²) in [6.07, 6.45) is 1.08. The molecule has 18 heavy (non-hydrogen) atoms. The van der Waals surface area contributed by atoms with Gasteiger partial charge < -0.3 is 19.8 Å². The zero-order valence-electron chi connectivity index (χ0n) is 10.9. The number of carbonyl (C=O) groups excluding carboxylic acids is 1. The Morgan fingerprint density at radius 1 is 1.61 bits per heavy atom. The van der Waals surface area contributed by atoms with E-state index in [0.29, 0.717) is 24.0 Å². The molecule has 0 aliphatic carbocycles. The molecule has 1 aromatic heterocycles. The van der Waals surface area contributed by atoms with E-state index in [1.165, 1.54) is 0 Å². The lowest BCUT2D eigenvalue weighted by Gasteiger charge is -2.29. The molecule has 2 N–H and O–H groups in total. The van der Waals surface area contributed by atoms with Crippen molar-refractivity contribution in [1.29, 1.82) is 0 Å². The van der Waals surface area contributed by atoms with Crippen LogP contribution < -0.4 is 10.6 Å². The van der Waals surface area contributed by atoms with Crippen LogP contribution in [-0.4, -0.2) is 32.1 Å². The molecule has 2 unspecified atom stereocenters.